The van der Waals surface area contributed by atoms with Crippen molar-refractivity contribution < 1.29 is 18.7 Å². The van der Waals surface area contributed by atoms with Gasteiger partial charge in [-0.1, -0.05) is 0 Å². The van der Waals surface area contributed by atoms with Gasteiger partial charge in [-0.05, 0) is 25.8 Å². The molecule has 7 nitrogen and oxygen atoms in total. The monoisotopic (exact) mass is 416 g/mol. The number of fused-ring (bicyclic) bond motifs is 1. The van der Waals surface area contributed by atoms with Gasteiger partial charge in [0.15, 0.2) is 17.3 Å². The number of ether oxygens (including phenoxy) is 2. The molecule has 29 heavy (non-hydrogen) atoms. The highest BCUT2D eigenvalue weighted by molar-refractivity contribution is 7.09. The molecule has 0 N–H and O–H groups in total. The molecule has 3 heterocycles. The number of anilines is 1. The highest BCUT2D eigenvalue weighted by atomic mass is 32.1. The minimum atomic E-state index is -0.440. The molecule has 2 aromatic heterocycles. The van der Waals surface area contributed by atoms with Crippen LogP contribution in [0.4, 0.5) is 10.2 Å². The number of hydrogen-bond donors (Lipinski definition) is 0. The van der Waals surface area contributed by atoms with Gasteiger partial charge in [0.2, 0.25) is 0 Å². The minimum absolute atomic E-state index is 0.178. The number of carbonyl (C=O) groups excluding carboxylic acids is 1. The van der Waals surface area contributed by atoms with Gasteiger partial charge >= 0.3 is 5.97 Å². The number of thiazole rings is 1. The van der Waals surface area contributed by atoms with Crippen molar-refractivity contribution in [3.05, 3.63) is 40.4 Å². The maximum absolute atomic E-state index is 14.0. The smallest absolute Gasteiger partial charge is 0.357 e. The van der Waals surface area contributed by atoms with E-state index in [1.807, 2.05) is 0 Å². The molecule has 3 aromatic rings. The zero-order valence-corrected chi connectivity index (χ0v) is 17.0. The van der Waals surface area contributed by atoms with Crippen molar-refractivity contribution in [2.75, 3.05) is 31.7 Å². The van der Waals surface area contributed by atoms with Crippen LogP contribution in [-0.2, 0) is 4.74 Å². The molecular weight excluding hydrogens is 395 g/mol. The Morgan fingerprint density at radius 1 is 1.31 bits per heavy atom. The van der Waals surface area contributed by atoms with Crippen LogP contribution in [0.2, 0.25) is 0 Å². The van der Waals surface area contributed by atoms with Gasteiger partial charge in [-0.25, -0.2) is 24.1 Å². The van der Waals surface area contributed by atoms with E-state index in [4.69, 9.17) is 9.47 Å². The Bertz CT molecular complexity index is 1030. The second-order valence-corrected chi connectivity index (χ2v) is 7.64. The van der Waals surface area contributed by atoms with Crippen LogP contribution in [0.25, 0.3) is 10.9 Å². The Balaban J connectivity index is 1.51. The van der Waals surface area contributed by atoms with Crippen LogP contribution in [0.1, 0.15) is 41.2 Å². The summed E-state index contributed by atoms with van der Waals surface area (Å²) < 4.78 is 24.1. The maximum Gasteiger partial charge on any atom is 0.357 e. The summed E-state index contributed by atoms with van der Waals surface area (Å²) in [5.41, 5.74) is 0.930. The first-order valence-electron chi connectivity index (χ1n) is 9.46. The molecular formula is C20H21FN4O3S. The first-order chi connectivity index (χ1) is 14.1. The molecule has 1 fully saturated rings. The van der Waals surface area contributed by atoms with Gasteiger partial charge < -0.3 is 14.4 Å². The number of halogens is 1. The lowest BCUT2D eigenvalue weighted by Gasteiger charge is -2.32. The van der Waals surface area contributed by atoms with E-state index in [9.17, 15) is 9.18 Å². The molecule has 0 aliphatic carbocycles. The molecule has 0 bridgehead atoms. The second kappa shape index (κ2) is 8.28. The number of nitrogens with zero attached hydrogens (tertiary/aromatic N) is 4. The number of methoxy groups -OCH3 is 1. The third kappa shape index (κ3) is 3.87. The van der Waals surface area contributed by atoms with Gasteiger partial charge in [-0.3, -0.25) is 0 Å². The van der Waals surface area contributed by atoms with E-state index in [0.29, 0.717) is 23.7 Å². The number of piperidine rings is 1. The predicted octanol–water partition coefficient (Wildman–Crippen LogP) is 3.79. The van der Waals surface area contributed by atoms with Gasteiger partial charge in [0.05, 0.1) is 24.2 Å². The standard InChI is InChI=1S/C20H21FN4O3S/c1-3-28-20(26)16-10-29-19(24-16)12-4-6-25(7-5-12)18-13-8-17(27-2)14(21)9-15(13)22-11-23-18/h8-12H,3-7H2,1-2H3. The van der Waals surface area contributed by atoms with Crippen molar-refractivity contribution in [1.29, 1.82) is 0 Å². The molecule has 1 aromatic carbocycles. The van der Waals surface area contributed by atoms with E-state index >= 15 is 0 Å². The van der Waals surface area contributed by atoms with Crippen molar-refractivity contribution in [3.8, 4) is 5.75 Å². The Kier molecular flexibility index (Phi) is 5.57. The fraction of sp³-hybridized carbons (Fsp3) is 0.400. The third-order valence-electron chi connectivity index (χ3n) is 5.04. The van der Waals surface area contributed by atoms with E-state index in [0.717, 1.165) is 42.1 Å². The second-order valence-electron chi connectivity index (χ2n) is 6.75. The Morgan fingerprint density at radius 2 is 2.10 bits per heavy atom. The quantitative estimate of drug-likeness (QED) is 0.586. The third-order valence-corrected chi connectivity index (χ3v) is 6.05. The molecule has 0 radical (unpaired) electrons. The summed E-state index contributed by atoms with van der Waals surface area (Å²) in [5.74, 6) is 0.431. The Morgan fingerprint density at radius 3 is 2.83 bits per heavy atom. The number of hydrogen-bond acceptors (Lipinski definition) is 8. The summed E-state index contributed by atoms with van der Waals surface area (Å²) in [6.07, 6.45) is 3.24. The first kappa shape index (κ1) is 19.5. The number of esters is 1. The highest BCUT2D eigenvalue weighted by Gasteiger charge is 2.26. The molecule has 0 spiro atoms. The van der Waals surface area contributed by atoms with Crippen LogP contribution in [-0.4, -0.2) is 47.7 Å². The fourth-order valence-corrected chi connectivity index (χ4v) is 4.53. The summed E-state index contributed by atoms with van der Waals surface area (Å²) in [6, 6.07) is 3.02. The molecule has 152 valence electrons. The van der Waals surface area contributed by atoms with Gasteiger partial charge in [0.25, 0.3) is 0 Å². The first-order valence-corrected chi connectivity index (χ1v) is 10.3. The van der Waals surface area contributed by atoms with Crippen LogP contribution < -0.4 is 9.64 Å². The molecule has 0 amide bonds. The lowest BCUT2D eigenvalue weighted by Crippen LogP contribution is -2.33. The zero-order valence-electron chi connectivity index (χ0n) is 16.2. The summed E-state index contributed by atoms with van der Waals surface area (Å²) in [7, 11) is 1.44. The molecule has 0 saturated carbocycles. The van der Waals surface area contributed by atoms with Gasteiger partial charge in [-0.2, -0.15) is 0 Å². The molecule has 1 aliphatic rings. The molecule has 0 unspecified atom stereocenters. The lowest BCUT2D eigenvalue weighted by molar-refractivity contribution is 0.0520. The van der Waals surface area contributed by atoms with E-state index in [2.05, 4.69) is 19.9 Å². The Hall–Kier alpha value is -2.81. The fourth-order valence-electron chi connectivity index (χ4n) is 3.56. The van der Waals surface area contributed by atoms with Crippen LogP contribution in [0.15, 0.2) is 23.8 Å². The van der Waals surface area contributed by atoms with Crippen LogP contribution >= 0.6 is 11.3 Å². The van der Waals surface area contributed by atoms with E-state index in [1.54, 1.807) is 18.4 Å². The summed E-state index contributed by atoms with van der Waals surface area (Å²) in [5, 5.41) is 3.49. The summed E-state index contributed by atoms with van der Waals surface area (Å²) in [4.78, 5) is 27.1. The lowest BCUT2D eigenvalue weighted by atomic mass is 9.97. The highest BCUT2D eigenvalue weighted by Crippen LogP contribution is 2.35. The predicted molar refractivity (Wildman–Crippen MR) is 108 cm³/mol. The minimum Gasteiger partial charge on any atom is -0.494 e. The molecule has 4 rings (SSSR count). The van der Waals surface area contributed by atoms with Crippen molar-refractivity contribution in [2.24, 2.45) is 0 Å². The number of rotatable bonds is 5. The van der Waals surface area contributed by atoms with E-state index < -0.39 is 5.82 Å². The Labute approximate surface area is 171 Å². The number of aromatic nitrogens is 3. The average molecular weight is 416 g/mol. The van der Waals surface area contributed by atoms with E-state index in [-0.39, 0.29) is 11.7 Å². The van der Waals surface area contributed by atoms with Crippen LogP contribution in [0.3, 0.4) is 0 Å². The largest absolute Gasteiger partial charge is 0.494 e. The summed E-state index contributed by atoms with van der Waals surface area (Å²) in [6.45, 7) is 3.68. The molecule has 1 saturated heterocycles. The number of carbonyl (C=O) groups is 1. The number of benzene rings is 1. The SMILES string of the molecule is CCOC(=O)c1csc(C2CCN(c3ncnc4cc(F)c(OC)cc34)CC2)n1. The van der Waals surface area contributed by atoms with Crippen molar-refractivity contribution in [3.63, 3.8) is 0 Å². The van der Waals surface area contributed by atoms with Crippen molar-refractivity contribution >= 4 is 34.0 Å². The van der Waals surface area contributed by atoms with Gasteiger partial charge in [0.1, 0.15) is 12.1 Å². The molecule has 1 aliphatic heterocycles. The van der Waals surface area contributed by atoms with Gasteiger partial charge in [-0.15, -0.1) is 11.3 Å². The van der Waals surface area contributed by atoms with Gasteiger partial charge in [0, 0.05) is 35.8 Å². The van der Waals surface area contributed by atoms with Crippen LogP contribution in [0.5, 0.6) is 5.75 Å². The molecule has 9 heteroatoms. The zero-order chi connectivity index (χ0) is 20.4. The average Bonchev–Trinajstić information content (AvgIpc) is 3.23. The maximum atomic E-state index is 14.0. The summed E-state index contributed by atoms with van der Waals surface area (Å²) >= 11 is 1.50. The van der Waals surface area contributed by atoms with Crippen molar-refractivity contribution in [2.45, 2.75) is 25.7 Å². The van der Waals surface area contributed by atoms with Crippen LogP contribution in [0, 0.1) is 5.82 Å². The topological polar surface area (TPSA) is 77.4 Å². The van der Waals surface area contributed by atoms with E-state index in [1.165, 1.54) is 30.8 Å². The molecule has 0 atom stereocenters. The van der Waals surface area contributed by atoms with Crippen molar-refractivity contribution in [1.82, 2.24) is 15.0 Å². The normalized spacial score (nSPS) is 14.9.